The van der Waals surface area contributed by atoms with Gasteiger partial charge < -0.3 is 10.4 Å². The molecule has 13 heavy (non-hydrogen) atoms. The summed E-state index contributed by atoms with van der Waals surface area (Å²) in [5, 5.41) is 13.2. The maximum Gasteiger partial charge on any atom is 0.0592 e. The fourth-order valence-corrected chi connectivity index (χ4v) is 3.17. The molecule has 78 valence electrons. The Balaban J connectivity index is 2.07. The van der Waals surface area contributed by atoms with E-state index >= 15 is 0 Å². The molecule has 0 spiro atoms. The van der Waals surface area contributed by atoms with E-state index in [1.165, 1.54) is 25.7 Å². The Bertz CT molecular complexity index is 126. The number of aliphatic hydroxyl groups is 1. The van der Waals surface area contributed by atoms with Crippen LogP contribution in [0.25, 0.3) is 0 Å². The zero-order chi connectivity index (χ0) is 9.52. The molecule has 2 N–H and O–H groups in total. The van der Waals surface area contributed by atoms with Gasteiger partial charge in [-0.3, -0.25) is 0 Å². The normalized spacial score (nSPS) is 20.8. The van der Waals surface area contributed by atoms with E-state index in [2.05, 4.69) is 12.2 Å². The minimum Gasteiger partial charge on any atom is -0.395 e. The highest BCUT2D eigenvalue weighted by Crippen LogP contribution is 2.29. The van der Waals surface area contributed by atoms with Crippen LogP contribution in [-0.4, -0.2) is 35.3 Å². The number of rotatable bonds is 6. The molecule has 0 amide bonds. The van der Waals surface area contributed by atoms with Gasteiger partial charge in [0.15, 0.2) is 0 Å². The van der Waals surface area contributed by atoms with Crippen molar-refractivity contribution in [3.05, 3.63) is 0 Å². The monoisotopic (exact) mass is 203 g/mol. The molecule has 0 radical (unpaired) electrons. The summed E-state index contributed by atoms with van der Waals surface area (Å²) < 4.78 is 0. The Morgan fingerprint density at radius 2 is 2.15 bits per heavy atom. The molecule has 1 fully saturated rings. The van der Waals surface area contributed by atoms with E-state index in [1.54, 1.807) is 0 Å². The van der Waals surface area contributed by atoms with Crippen LogP contribution in [0.2, 0.25) is 0 Å². The number of nitrogens with one attached hydrogen (secondary N) is 1. The van der Waals surface area contributed by atoms with Gasteiger partial charge in [0.1, 0.15) is 0 Å². The maximum atomic E-state index is 9.06. The lowest BCUT2D eigenvalue weighted by atomic mass is 10.3. The highest BCUT2D eigenvalue weighted by Gasteiger charge is 2.16. The molecule has 1 saturated carbocycles. The third-order valence-electron chi connectivity index (χ3n) is 2.55. The van der Waals surface area contributed by atoms with Crippen LogP contribution in [0.4, 0.5) is 0 Å². The molecule has 0 aliphatic heterocycles. The molecule has 1 unspecified atom stereocenters. The van der Waals surface area contributed by atoms with Gasteiger partial charge in [0, 0.05) is 17.0 Å². The van der Waals surface area contributed by atoms with Crippen LogP contribution in [-0.2, 0) is 0 Å². The summed E-state index contributed by atoms with van der Waals surface area (Å²) in [6, 6.07) is 0.301. The Labute approximate surface area is 85.5 Å². The highest BCUT2D eigenvalue weighted by atomic mass is 32.2. The van der Waals surface area contributed by atoms with Crippen LogP contribution < -0.4 is 5.32 Å². The van der Waals surface area contributed by atoms with Crippen molar-refractivity contribution in [2.45, 2.75) is 43.9 Å². The molecule has 0 aromatic rings. The van der Waals surface area contributed by atoms with E-state index in [1.807, 2.05) is 11.8 Å². The van der Waals surface area contributed by atoms with Gasteiger partial charge in [-0.15, -0.1) is 0 Å². The zero-order valence-electron chi connectivity index (χ0n) is 8.46. The van der Waals surface area contributed by atoms with Crippen LogP contribution in [0.3, 0.4) is 0 Å². The van der Waals surface area contributed by atoms with Crippen LogP contribution in [0.15, 0.2) is 0 Å². The average molecular weight is 203 g/mol. The third kappa shape index (κ3) is 4.34. The van der Waals surface area contributed by atoms with Crippen molar-refractivity contribution >= 4 is 11.8 Å². The molecule has 1 aliphatic carbocycles. The van der Waals surface area contributed by atoms with Crippen molar-refractivity contribution in [2.24, 2.45) is 0 Å². The molecule has 2 nitrogen and oxygen atoms in total. The largest absolute Gasteiger partial charge is 0.395 e. The summed E-state index contributed by atoms with van der Waals surface area (Å²) >= 11 is 2.03. The first-order valence-electron chi connectivity index (χ1n) is 5.32. The van der Waals surface area contributed by atoms with Gasteiger partial charge in [-0.05, 0) is 19.4 Å². The first-order valence-corrected chi connectivity index (χ1v) is 6.37. The SMILES string of the molecule is CCNC(CO)CSC1CCCC1. The Morgan fingerprint density at radius 3 is 2.69 bits per heavy atom. The smallest absolute Gasteiger partial charge is 0.0592 e. The second kappa shape index (κ2) is 6.68. The number of hydrogen-bond donors (Lipinski definition) is 2. The quantitative estimate of drug-likeness (QED) is 0.688. The van der Waals surface area contributed by atoms with Gasteiger partial charge in [0.25, 0.3) is 0 Å². The lowest BCUT2D eigenvalue weighted by Gasteiger charge is -2.16. The van der Waals surface area contributed by atoms with Gasteiger partial charge in [-0.2, -0.15) is 11.8 Å². The van der Waals surface area contributed by atoms with Crippen LogP contribution in [0.1, 0.15) is 32.6 Å². The van der Waals surface area contributed by atoms with E-state index in [0.717, 1.165) is 17.5 Å². The van der Waals surface area contributed by atoms with E-state index in [0.29, 0.717) is 6.04 Å². The van der Waals surface area contributed by atoms with Crippen LogP contribution >= 0.6 is 11.8 Å². The number of aliphatic hydroxyl groups excluding tert-OH is 1. The molecule has 0 aromatic heterocycles. The van der Waals surface area contributed by atoms with Crippen molar-refractivity contribution < 1.29 is 5.11 Å². The topological polar surface area (TPSA) is 32.3 Å². The predicted octanol–water partition coefficient (Wildman–Crippen LogP) is 1.63. The first-order chi connectivity index (χ1) is 6.36. The van der Waals surface area contributed by atoms with Crippen molar-refractivity contribution in [3.8, 4) is 0 Å². The van der Waals surface area contributed by atoms with Crippen molar-refractivity contribution in [2.75, 3.05) is 18.9 Å². The average Bonchev–Trinajstić information content (AvgIpc) is 2.64. The molecule has 1 rings (SSSR count). The van der Waals surface area contributed by atoms with E-state index < -0.39 is 0 Å². The fraction of sp³-hybridized carbons (Fsp3) is 1.00. The number of likely N-dealkylation sites (N-methyl/N-ethyl adjacent to an activating group) is 1. The summed E-state index contributed by atoms with van der Waals surface area (Å²) in [7, 11) is 0. The third-order valence-corrected chi connectivity index (χ3v) is 4.09. The second-order valence-electron chi connectivity index (χ2n) is 3.68. The Hall–Kier alpha value is 0.270. The van der Waals surface area contributed by atoms with Gasteiger partial charge in [0.05, 0.1) is 6.61 Å². The highest BCUT2D eigenvalue weighted by molar-refractivity contribution is 7.99. The fourth-order valence-electron chi connectivity index (χ4n) is 1.77. The van der Waals surface area contributed by atoms with Gasteiger partial charge in [-0.1, -0.05) is 19.8 Å². The summed E-state index contributed by atoms with van der Waals surface area (Å²) in [6.07, 6.45) is 5.58. The van der Waals surface area contributed by atoms with Crippen molar-refractivity contribution in [1.82, 2.24) is 5.32 Å². The molecule has 3 heteroatoms. The lowest BCUT2D eigenvalue weighted by molar-refractivity contribution is 0.255. The summed E-state index contributed by atoms with van der Waals surface area (Å²) in [5.74, 6) is 1.06. The predicted molar refractivity (Wildman–Crippen MR) is 59.3 cm³/mol. The maximum absolute atomic E-state index is 9.06. The Morgan fingerprint density at radius 1 is 1.46 bits per heavy atom. The van der Waals surface area contributed by atoms with Crippen LogP contribution in [0, 0.1) is 0 Å². The molecular formula is C10H21NOS. The molecule has 0 heterocycles. The van der Waals surface area contributed by atoms with Crippen LogP contribution in [0.5, 0.6) is 0 Å². The second-order valence-corrected chi connectivity index (χ2v) is 5.01. The molecule has 0 saturated heterocycles. The van der Waals surface area contributed by atoms with Crippen molar-refractivity contribution in [1.29, 1.82) is 0 Å². The van der Waals surface area contributed by atoms with Gasteiger partial charge in [0.2, 0.25) is 0 Å². The van der Waals surface area contributed by atoms with Gasteiger partial charge in [-0.25, -0.2) is 0 Å². The molecule has 1 atom stereocenters. The molecule has 1 aliphatic rings. The molecule has 0 aromatic carbocycles. The first kappa shape index (κ1) is 11.3. The lowest BCUT2D eigenvalue weighted by Crippen LogP contribution is -2.34. The summed E-state index contributed by atoms with van der Waals surface area (Å²) in [5.41, 5.74) is 0. The minimum atomic E-state index is 0.271. The molecular weight excluding hydrogens is 182 g/mol. The summed E-state index contributed by atoms with van der Waals surface area (Å²) in [6.45, 7) is 3.31. The van der Waals surface area contributed by atoms with Gasteiger partial charge >= 0.3 is 0 Å². The van der Waals surface area contributed by atoms with Crippen molar-refractivity contribution in [3.63, 3.8) is 0 Å². The van der Waals surface area contributed by atoms with E-state index in [4.69, 9.17) is 5.11 Å². The van der Waals surface area contributed by atoms with E-state index in [-0.39, 0.29) is 6.61 Å². The Kier molecular flexibility index (Phi) is 5.83. The number of hydrogen-bond acceptors (Lipinski definition) is 3. The summed E-state index contributed by atoms with van der Waals surface area (Å²) in [4.78, 5) is 0. The van der Waals surface area contributed by atoms with E-state index in [9.17, 15) is 0 Å². The standard InChI is InChI=1S/C10H21NOS/c1-2-11-9(7-12)8-13-10-5-3-4-6-10/h9-12H,2-8H2,1H3. The number of thioether (sulfide) groups is 1. The molecule has 0 bridgehead atoms. The minimum absolute atomic E-state index is 0.271. The zero-order valence-corrected chi connectivity index (χ0v) is 9.28.